The molecule has 7 heteroatoms. The van der Waals surface area contributed by atoms with Crippen molar-refractivity contribution in [3.8, 4) is 0 Å². The SMILES string of the molecule is CC1(C)Cc2c(sc3nc(N4CCCCC4)n4ncnc4c23)CO1. The first kappa shape index (κ1) is 14.6. The predicted octanol–water partition coefficient (Wildman–Crippen LogP) is 3.18. The van der Waals surface area contributed by atoms with Crippen LogP contribution in [0.3, 0.4) is 0 Å². The van der Waals surface area contributed by atoms with Gasteiger partial charge in [0.1, 0.15) is 11.2 Å². The molecule has 0 amide bonds. The second kappa shape index (κ2) is 5.13. The van der Waals surface area contributed by atoms with Crippen molar-refractivity contribution in [1.29, 1.82) is 0 Å². The number of thiophene rings is 1. The molecule has 1 fully saturated rings. The number of hydrogen-bond donors (Lipinski definition) is 0. The highest BCUT2D eigenvalue weighted by molar-refractivity contribution is 7.19. The maximum atomic E-state index is 5.99. The zero-order valence-corrected chi connectivity index (χ0v) is 14.9. The molecule has 0 spiro atoms. The van der Waals surface area contributed by atoms with E-state index in [9.17, 15) is 0 Å². The number of nitrogens with zero attached hydrogens (tertiary/aromatic N) is 5. The van der Waals surface area contributed by atoms with E-state index in [1.165, 1.54) is 35.1 Å². The maximum absolute atomic E-state index is 5.99. The molecule has 0 radical (unpaired) electrons. The summed E-state index contributed by atoms with van der Waals surface area (Å²) >= 11 is 1.75. The zero-order chi connectivity index (χ0) is 16.3. The van der Waals surface area contributed by atoms with Gasteiger partial charge in [0, 0.05) is 24.4 Å². The van der Waals surface area contributed by atoms with Crippen LogP contribution in [0.15, 0.2) is 6.33 Å². The number of anilines is 1. The molecule has 1 saturated heterocycles. The second-order valence-electron chi connectivity index (χ2n) is 7.36. The van der Waals surface area contributed by atoms with Crippen molar-refractivity contribution in [2.45, 2.75) is 51.7 Å². The number of piperidine rings is 1. The van der Waals surface area contributed by atoms with E-state index in [2.05, 4.69) is 28.8 Å². The van der Waals surface area contributed by atoms with E-state index in [0.717, 1.165) is 35.9 Å². The van der Waals surface area contributed by atoms with Crippen molar-refractivity contribution >= 4 is 33.1 Å². The number of rotatable bonds is 1. The standard InChI is InChI=1S/C17H21N5OS/c1-17(2)8-11-12(9-23-17)24-15-13(11)14-18-10-19-22(14)16(20-15)21-6-4-3-5-7-21/h10H,3-9H2,1-2H3. The lowest BCUT2D eigenvalue weighted by molar-refractivity contribution is -0.0379. The number of ether oxygens (including phenoxy) is 1. The normalized spacial score (nSPS) is 20.7. The lowest BCUT2D eigenvalue weighted by Gasteiger charge is -2.30. The van der Waals surface area contributed by atoms with Gasteiger partial charge in [0.25, 0.3) is 0 Å². The molecule has 5 rings (SSSR count). The molecule has 2 aliphatic rings. The minimum Gasteiger partial charge on any atom is -0.370 e. The Balaban J connectivity index is 1.75. The fraction of sp³-hybridized carbons (Fsp3) is 0.588. The van der Waals surface area contributed by atoms with Crippen molar-refractivity contribution in [2.75, 3.05) is 18.0 Å². The molecular formula is C17H21N5OS. The lowest BCUT2D eigenvalue weighted by Crippen LogP contribution is -2.32. The molecule has 5 heterocycles. The van der Waals surface area contributed by atoms with Crippen molar-refractivity contribution < 1.29 is 4.74 Å². The van der Waals surface area contributed by atoms with Crippen LogP contribution in [0.25, 0.3) is 15.9 Å². The largest absolute Gasteiger partial charge is 0.370 e. The molecular weight excluding hydrogens is 322 g/mol. The third-order valence-corrected chi connectivity index (χ3v) is 6.17. The van der Waals surface area contributed by atoms with Crippen LogP contribution >= 0.6 is 11.3 Å². The molecule has 0 unspecified atom stereocenters. The number of aromatic nitrogens is 4. The average molecular weight is 343 g/mol. The molecule has 6 nitrogen and oxygen atoms in total. The van der Waals surface area contributed by atoms with Gasteiger partial charge in [0.15, 0.2) is 5.65 Å². The van der Waals surface area contributed by atoms with Gasteiger partial charge in [-0.2, -0.15) is 9.61 Å². The van der Waals surface area contributed by atoms with E-state index in [1.807, 2.05) is 4.52 Å². The fourth-order valence-corrected chi connectivity index (χ4v) is 4.94. The number of fused-ring (bicyclic) bond motifs is 5. The van der Waals surface area contributed by atoms with Crippen molar-refractivity contribution in [1.82, 2.24) is 19.6 Å². The number of hydrogen-bond acceptors (Lipinski definition) is 6. The van der Waals surface area contributed by atoms with Crippen LogP contribution < -0.4 is 4.90 Å². The molecule has 126 valence electrons. The summed E-state index contributed by atoms with van der Waals surface area (Å²) in [6, 6.07) is 0. The Morgan fingerprint density at radius 1 is 1.21 bits per heavy atom. The molecule has 0 bridgehead atoms. The van der Waals surface area contributed by atoms with Gasteiger partial charge in [-0.3, -0.25) is 0 Å². The van der Waals surface area contributed by atoms with Gasteiger partial charge in [-0.1, -0.05) is 0 Å². The van der Waals surface area contributed by atoms with Gasteiger partial charge in [0.05, 0.1) is 17.6 Å². The lowest BCUT2D eigenvalue weighted by atomic mass is 9.94. The minimum atomic E-state index is -0.135. The highest BCUT2D eigenvalue weighted by Gasteiger charge is 2.31. The monoisotopic (exact) mass is 343 g/mol. The topological polar surface area (TPSA) is 55.6 Å². The Morgan fingerprint density at radius 2 is 2.04 bits per heavy atom. The summed E-state index contributed by atoms with van der Waals surface area (Å²) in [4.78, 5) is 14.3. The Hall–Kier alpha value is -1.73. The molecule has 3 aromatic heterocycles. The van der Waals surface area contributed by atoms with E-state index in [4.69, 9.17) is 9.72 Å². The smallest absolute Gasteiger partial charge is 0.229 e. The highest BCUT2D eigenvalue weighted by atomic mass is 32.1. The van der Waals surface area contributed by atoms with Gasteiger partial charge in [-0.15, -0.1) is 11.3 Å². The summed E-state index contributed by atoms with van der Waals surface area (Å²) in [5.41, 5.74) is 2.15. The van der Waals surface area contributed by atoms with Crippen molar-refractivity contribution in [3.63, 3.8) is 0 Å². The summed E-state index contributed by atoms with van der Waals surface area (Å²) < 4.78 is 7.92. The van der Waals surface area contributed by atoms with E-state index in [0.29, 0.717) is 6.61 Å². The van der Waals surface area contributed by atoms with Crippen LogP contribution in [-0.2, 0) is 17.8 Å². The Kier molecular flexibility index (Phi) is 3.12. The van der Waals surface area contributed by atoms with E-state index in [1.54, 1.807) is 17.7 Å². The van der Waals surface area contributed by atoms with Gasteiger partial charge in [-0.25, -0.2) is 9.97 Å². The zero-order valence-electron chi connectivity index (χ0n) is 14.1. The summed E-state index contributed by atoms with van der Waals surface area (Å²) in [7, 11) is 0. The van der Waals surface area contributed by atoms with E-state index < -0.39 is 0 Å². The van der Waals surface area contributed by atoms with Crippen LogP contribution in [-0.4, -0.2) is 38.3 Å². The molecule has 0 saturated carbocycles. The van der Waals surface area contributed by atoms with Crippen molar-refractivity contribution in [2.24, 2.45) is 0 Å². The summed E-state index contributed by atoms with van der Waals surface area (Å²) in [6.07, 6.45) is 6.30. The summed E-state index contributed by atoms with van der Waals surface area (Å²) in [6.45, 7) is 7.07. The van der Waals surface area contributed by atoms with Gasteiger partial charge < -0.3 is 9.64 Å². The maximum Gasteiger partial charge on any atom is 0.229 e. The van der Waals surface area contributed by atoms with Crippen LogP contribution in [0, 0.1) is 0 Å². The average Bonchev–Trinajstić information content (AvgIpc) is 3.17. The molecule has 0 aromatic carbocycles. The van der Waals surface area contributed by atoms with Crippen LogP contribution in [0.2, 0.25) is 0 Å². The van der Waals surface area contributed by atoms with Crippen LogP contribution in [0.5, 0.6) is 0 Å². The molecule has 24 heavy (non-hydrogen) atoms. The molecule has 2 aliphatic heterocycles. The third-order valence-electron chi connectivity index (χ3n) is 5.07. The Labute approximate surface area is 144 Å². The highest BCUT2D eigenvalue weighted by Crippen LogP contribution is 2.40. The fourth-order valence-electron chi connectivity index (χ4n) is 3.84. The first-order valence-electron chi connectivity index (χ1n) is 8.65. The Morgan fingerprint density at radius 3 is 2.88 bits per heavy atom. The Bertz CT molecular complexity index is 922. The van der Waals surface area contributed by atoms with Gasteiger partial charge >= 0.3 is 0 Å². The van der Waals surface area contributed by atoms with Gasteiger partial charge in [0.2, 0.25) is 5.95 Å². The van der Waals surface area contributed by atoms with Crippen molar-refractivity contribution in [3.05, 3.63) is 16.8 Å². The van der Waals surface area contributed by atoms with Crippen LogP contribution in [0.1, 0.15) is 43.6 Å². The molecule has 0 N–H and O–H groups in total. The molecule has 0 aliphatic carbocycles. The minimum absolute atomic E-state index is 0.135. The molecule has 0 atom stereocenters. The molecule has 3 aromatic rings. The summed E-state index contributed by atoms with van der Waals surface area (Å²) in [5.74, 6) is 0.938. The first-order chi connectivity index (χ1) is 11.6. The first-order valence-corrected chi connectivity index (χ1v) is 9.47. The third kappa shape index (κ3) is 2.14. The van der Waals surface area contributed by atoms with E-state index >= 15 is 0 Å². The summed E-state index contributed by atoms with van der Waals surface area (Å²) in [5, 5.41) is 5.65. The quantitative estimate of drug-likeness (QED) is 0.679. The van der Waals surface area contributed by atoms with Crippen LogP contribution in [0.4, 0.5) is 5.95 Å². The second-order valence-corrected chi connectivity index (χ2v) is 8.45. The predicted molar refractivity (Wildman–Crippen MR) is 94.8 cm³/mol. The van der Waals surface area contributed by atoms with Gasteiger partial charge in [-0.05, 0) is 38.7 Å². The van der Waals surface area contributed by atoms with E-state index in [-0.39, 0.29) is 5.60 Å².